The molecule has 0 atom stereocenters. The molecule has 0 aliphatic heterocycles. The van der Waals surface area contributed by atoms with Crippen molar-refractivity contribution in [2.75, 3.05) is 164 Å². The van der Waals surface area contributed by atoms with Gasteiger partial charge in [-0.15, -0.1) is 0 Å². The summed E-state index contributed by atoms with van der Waals surface area (Å²) in [5, 5.41) is 0. The van der Waals surface area contributed by atoms with Gasteiger partial charge >= 0.3 is 0 Å². The molecule has 0 amide bonds. The number of nitrogen functional groups attached to an aromatic ring is 1. The van der Waals surface area contributed by atoms with Crippen molar-refractivity contribution in [3.63, 3.8) is 0 Å². The number of aryl methyl sites for hydroxylation is 1. The van der Waals surface area contributed by atoms with Crippen LogP contribution < -0.4 is 10.5 Å². The van der Waals surface area contributed by atoms with Gasteiger partial charge in [-0.05, 0) is 31.2 Å². The molecule has 0 fully saturated rings. The third kappa shape index (κ3) is 27.1. The van der Waals surface area contributed by atoms with Crippen LogP contribution in [-0.2, 0) is 66.4 Å². The molecule has 0 saturated carbocycles. The van der Waals surface area contributed by atoms with Crippen LogP contribution >= 0.6 is 0 Å². The van der Waals surface area contributed by atoms with Crippen molar-refractivity contribution in [3.05, 3.63) is 54.1 Å². The van der Waals surface area contributed by atoms with Crippen molar-refractivity contribution >= 4 is 15.8 Å². The standard InChI is InChI=1S/C37H61NO15S/c1-34-6-8-35(9-7-34)54(39,40)53-33-31-51-29-27-49-25-23-47-21-19-45-17-15-43-13-11-41-10-12-42-14-16-44-18-20-46-22-24-48-26-28-50-30-32-52-37-5-3-2-4-36(37)38/h2-9H,10-33,38H2,1H3. The van der Waals surface area contributed by atoms with Gasteiger partial charge in [0.1, 0.15) is 12.4 Å². The van der Waals surface area contributed by atoms with Crippen molar-refractivity contribution in [1.82, 2.24) is 0 Å². The zero-order chi connectivity index (χ0) is 38.6. The van der Waals surface area contributed by atoms with E-state index in [2.05, 4.69) is 0 Å². The quantitative estimate of drug-likeness (QED) is 0.0593. The molecule has 310 valence electrons. The van der Waals surface area contributed by atoms with Gasteiger partial charge in [0.05, 0.1) is 163 Å². The highest BCUT2D eigenvalue weighted by molar-refractivity contribution is 7.86. The zero-order valence-corrected chi connectivity index (χ0v) is 32.5. The second-order valence-electron chi connectivity index (χ2n) is 11.2. The Kier molecular flexibility index (Phi) is 29.8. The third-order valence-corrected chi connectivity index (χ3v) is 8.23. The first-order chi connectivity index (χ1) is 26.5. The summed E-state index contributed by atoms with van der Waals surface area (Å²) in [6.07, 6.45) is 0. The largest absolute Gasteiger partial charge is 0.489 e. The molecular formula is C37H61NO15S. The summed E-state index contributed by atoms with van der Waals surface area (Å²) in [6, 6.07) is 13.8. The Labute approximate surface area is 320 Å². The molecular weight excluding hydrogens is 730 g/mol. The summed E-state index contributed by atoms with van der Waals surface area (Å²) >= 11 is 0. The fourth-order valence-corrected chi connectivity index (χ4v) is 4.99. The van der Waals surface area contributed by atoms with Crippen LogP contribution in [0.15, 0.2) is 53.4 Å². The average Bonchev–Trinajstić information content (AvgIpc) is 3.17. The predicted molar refractivity (Wildman–Crippen MR) is 200 cm³/mol. The maximum absolute atomic E-state index is 12.1. The molecule has 0 unspecified atom stereocenters. The van der Waals surface area contributed by atoms with Crippen LogP contribution in [0.25, 0.3) is 0 Å². The number of hydrogen-bond acceptors (Lipinski definition) is 16. The van der Waals surface area contributed by atoms with Crippen molar-refractivity contribution in [2.45, 2.75) is 11.8 Å². The van der Waals surface area contributed by atoms with E-state index in [4.69, 9.17) is 66.8 Å². The normalized spacial score (nSPS) is 11.7. The summed E-state index contributed by atoms with van der Waals surface area (Å²) in [7, 11) is -3.78. The van der Waals surface area contributed by atoms with E-state index in [1.54, 1.807) is 18.2 Å². The summed E-state index contributed by atoms with van der Waals surface area (Å²) in [5.41, 5.74) is 7.40. The lowest BCUT2D eigenvalue weighted by Crippen LogP contribution is -2.16. The maximum Gasteiger partial charge on any atom is 0.297 e. The lowest BCUT2D eigenvalue weighted by Gasteiger charge is -2.10. The molecule has 2 aromatic carbocycles. The Morgan fingerprint density at radius 1 is 0.407 bits per heavy atom. The van der Waals surface area contributed by atoms with E-state index < -0.39 is 10.1 Å². The first kappa shape index (κ1) is 47.7. The molecule has 16 nitrogen and oxygen atoms in total. The van der Waals surface area contributed by atoms with Crippen LogP contribution in [0.1, 0.15) is 5.56 Å². The average molecular weight is 792 g/mol. The van der Waals surface area contributed by atoms with Crippen LogP contribution in [-0.4, -0.2) is 167 Å². The summed E-state index contributed by atoms with van der Waals surface area (Å²) in [4.78, 5) is 0.125. The number of anilines is 1. The molecule has 0 aliphatic carbocycles. The number of ether oxygens (including phenoxy) is 12. The molecule has 0 aliphatic rings. The van der Waals surface area contributed by atoms with Crippen molar-refractivity contribution < 1.29 is 69.4 Å². The lowest BCUT2D eigenvalue weighted by molar-refractivity contribution is -0.0279. The van der Waals surface area contributed by atoms with Gasteiger partial charge in [0.15, 0.2) is 0 Å². The van der Waals surface area contributed by atoms with Crippen LogP contribution in [0.2, 0.25) is 0 Å². The van der Waals surface area contributed by atoms with Gasteiger partial charge in [-0.1, -0.05) is 29.8 Å². The second-order valence-corrected chi connectivity index (χ2v) is 12.8. The van der Waals surface area contributed by atoms with Crippen molar-refractivity contribution in [2.24, 2.45) is 0 Å². The van der Waals surface area contributed by atoms with Gasteiger partial charge in [0, 0.05) is 0 Å². The molecule has 0 radical (unpaired) electrons. The molecule has 2 aromatic rings. The Balaban J connectivity index is 1.16. The number of hydrogen-bond donors (Lipinski definition) is 1. The summed E-state index contributed by atoms with van der Waals surface area (Å²) in [5.74, 6) is 0.661. The number of nitrogens with two attached hydrogens (primary N) is 1. The molecule has 0 aromatic heterocycles. The molecule has 0 bridgehead atoms. The van der Waals surface area contributed by atoms with E-state index >= 15 is 0 Å². The van der Waals surface area contributed by atoms with Crippen LogP contribution in [0.4, 0.5) is 5.69 Å². The molecule has 2 N–H and O–H groups in total. The Bertz CT molecular complexity index is 1240. The molecule has 54 heavy (non-hydrogen) atoms. The van der Waals surface area contributed by atoms with Gasteiger partial charge in [0.2, 0.25) is 0 Å². The minimum Gasteiger partial charge on any atom is -0.489 e. The van der Waals surface area contributed by atoms with Crippen LogP contribution in [0.5, 0.6) is 5.75 Å². The molecule has 2 rings (SSSR count). The van der Waals surface area contributed by atoms with E-state index in [0.29, 0.717) is 157 Å². The monoisotopic (exact) mass is 791 g/mol. The minimum atomic E-state index is -3.78. The minimum absolute atomic E-state index is 0.0631. The SMILES string of the molecule is Cc1ccc(S(=O)(=O)OCCOCCOCCOCCOCCOCCOCCOCCOCCOCCOCCOCCOc2ccccc2N)cc1. The fraction of sp³-hybridized carbons (Fsp3) is 0.676. The molecule has 17 heteroatoms. The smallest absolute Gasteiger partial charge is 0.297 e. The third-order valence-electron chi connectivity index (χ3n) is 6.90. The maximum atomic E-state index is 12.1. The summed E-state index contributed by atoms with van der Waals surface area (Å²) < 4.78 is 94.8. The van der Waals surface area contributed by atoms with Gasteiger partial charge in [0.25, 0.3) is 10.1 Å². The van der Waals surface area contributed by atoms with E-state index in [9.17, 15) is 8.42 Å². The van der Waals surface area contributed by atoms with Crippen molar-refractivity contribution in [3.8, 4) is 5.75 Å². The molecule has 0 heterocycles. The number of para-hydroxylation sites is 2. The van der Waals surface area contributed by atoms with Gasteiger partial charge in [-0.25, -0.2) is 0 Å². The van der Waals surface area contributed by atoms with E-state index in [0.717, 1.165) is 5.56 Å². The first-order valence-electron chi connectivity index (χ1n) is 18.3. The predicted octanol–water partition coefficient (Wildman–Crippen LogP) is 2.54. The van der Waals surface area contributed by atoms with Crippen molar-refractivity contribution in [1.29, 1.82) is 0 Å². The lowest BCUT2D eigenvalue weighted by atomic mass is 10.2. The number of benzene rings is 2. The van der Waals surface area contributed by atoms with E-state index in [1.807, 2.05) is 25.1 Å². The Morgan fingerprint density at radius 2 is 0.704 bits per heavy atom. The van der Waals surface area contributed by atoms with Crippen LogP contribution in [0.3, 0.4) is 0 Å². The van der Waals surface area contributed by atoms with Gasteiger partial charge in [-0.3, -0.25) is 4.18 Å². The highest BCUT2D eigenvalue weighted by Gasteiger charge is 2.14. The van der Waals surface area contributed by atoms with E-state index in [-0.39, 0.29) is 18.1 Å². The zero-order valence-electron chi connectivity index (χ0n) is 31.7. The first-order valence-corrected chi connectivity index (χ1v) is 19.7. The highest BCUT2D eigenvalue weighted by atomic mass is 32.2. The van der Waals surface area contributed by atoms with Gasteiger partial charge in [-0.2, -0.15) is 8.42 Å². The molecule has 0 spiro atoms. The van der Waals surface area contributed by atoms with Crippen LogP contribution in [0, 0.1) is 6.92 Å². The Morgan fingerprint density at radius 3 is 1.04 bits per heavy atom. The fourth-order valence-electron chi connectivity index (χ4n) is 4.10. The second kappa shape index (κ2) is 33.8. The number of rotatable bonds is 39. The topological polar surface area (TPSA) is 180 Å². The van der Waals surface area contributed by atoms with E-state index in [1.165, 1.54) is 12.1 Å². The summed E-state index contributed by atoms with van der Waals surface area (Å²) in [6.45, 7) is 12.1. The Hall–Kier alpha value is -2.49. The highest BCUT2D eigenvalue weighted by Crippen LogP contribution is 2.19. The van der Waals surface area contributed by atoms with Gasteiger partial charge < -0.3 is 62.6 Å². The molecule has 0 saturated heterocycles.